The molecule has 1 aromatic heterocycles. The van der Waals surface area contributed by atoms with Gasteiger partial charge in [0.15, 0.2) is 6.29 Å². The first-order chi connectivity index (χ1) is 6.76. The summed E-state index contributed by atoms with van der Waals surface area (Å²) in [5.41, 5.74) is 2.81. The Morgan fingerprint density at radius 1 is 1.50 bits per heavy atom. The Morgan fingerprint density at radius 3 is 2.93 bits per heavy atom. The number of hydrogen-bond acceptors (Lipinski definition) is 1. The van der Waals surface area contributed by atoms with Gasteiger partial charge in [-0.05, 0) is 24.6 Å². The van der Waals surface area contributed by atoms with Gasteiger partial charge in [0.05, 0.1) is 0 Å². The van der Waals surface area contributed by atoms with Crippen molar-refractivity contribution in [2.24, 2.45) is 0 Å². The smallest absolute Gasteiger partial charge is 0.152 e. The molecule has 0 aliphatic rings. The van der Waals surface area contributed by atoms with Gasteiger partial charge in [-0.15, -0.1) is 0 Å². The van der Waals surface area contributed by atoms with Crippen LogP contribution < -0.4 is 0 Å². The topological polar surface area (TPSA) is 32.9 Å². The van der Waals surface area contributed by atoms with E-state index in [-0.39, 0.29) is 0 Å². The summed E-state index contributed by atoms with van der Waals surface area (Å²) >= 11 is 3.40. The minimum atomic E-state index is 0.781. The van der Waals surface area contributed by atoms with E-state index in [0.29, 0.717) is 0 Å². The Morgan fingerprint density at radius 2 is 2.29 bits per heavy atom. The third kappa shape index (κ3) is 1.38. The molecule has 0 amide bonds. The van der Waals surface area contributed by atoms with Crippen LogP contribution in [0.1, 0.15) is 23.0 Å². The molecule has 0 saturated heterocycles. The number of aromatic nitrogens is 1. The first kappa shape index (κ1) is 9.46. The van der Waals surface area contributed by atoms with Crippen molar-refractivity contribution in [1.29, 1.82) is 0 Å². The molecular weight excluding hydrogens is 242 g/mol. The van der Waals surface area contributed by atoms with Gasteiger partial charge in [0, 0.05) is 26.6 Å². The maximum Gasteiger partial charge on any atom is 0.152 e. The molecule has 0 radical (unpaired) electrons. The number of aryl methyl sites for hydroxylation is 1. The summed E-state index contributed by atoms with van der Waals surface area (Å²) in [6.45, 7) is 2.03. The van der Waals surface area contributed by atoms with E-state index in [1.807, 2.05) is 25.1 Å². The molecule has 0 atom stereocenters. The molecule has 72 valence electrons. The molecule has 14 heavy (non-hydrogen) atoms. The number of nitrogens with one attached hydrogen (secondary N) is 1. The zero-order valence-electron chi connectivity index (χ0n) is 7.80. The molecule has 1 heterocycles. The lowest BCUT2D eigenvalue weighted by atomic mass is 10.1. The molecule has 1 N–H and O–H groups in total. The van der Waals surface area contributed by atoms with Crippen molar-refractivity contribution in [2.75, 3.05) is 0 Å². The van der Waals surface area contributed by atoms with Crippen LogP contribution >= 0.6 is 15.9 Å². The maximum atomic E-state index is 10.9. The van der Waals surface area contributed by atoms with Crippen LogP contribution in [0.2, 0.25) is 0 Å². The number of aromatic amines is 1. The van der Waals surface area contributed by atoms with Crippen molar-refractivity contribution in [1.82, 2.24) is 4.98 Å². The van der Waals surface area contributed by atoms with Crippen LogP contribution in [0.4, 0.5) is 0 Å². The molecule has 0 bridgehead atoms. The molecule has 0 spiro atoms. The van der Waals surface area contributed by atoms with Crippen molar-refractivity contribution < 1.29 is 4.79 Å². The number of aldehydes is 1. The molecule has 2 nitrogen and oxygen atoms in total. The Bertz CT molecular complexity index is 487. The number of H-pyrrole nitrogens is 1. The summed E-state index contributed by atoms with van der Waals surface area (Å²) in [6, 6.07) is 5.91. The predicted molar refractivity (Wildman–Crippen MR) is 60.8 cm³/mol. The van der Waals surface area contributed by atoms with Crippen LogP contribution in [-0.2, 0) is 6.42 Å². The maximum absolute atomic E-state index is 10.9. The molecule has 0 aliphatic heterocycles. The van der Waals surface area contributed by atoms with Crippen LogP contribution in [-0.4, -0.2) is 11.3 Å². The lowest BCUT2D eigenvalue weighted by Crippen LogP contribution is -1.85. The Hall–Kier alpha value is -1.09. The predicted octanol–water partition coefficient (Wildman–Crippen LogP) is 3.31. The van der Waals surface area contributed by atoms with Crippen LogP contribution in [0.15, 0.2) is 22.7 Å². The molecule has 0 saturated carbocycles. The zero-order valence-corrected chi connectivity index (χ0v) is 9.39. The molecule has 0 aliphatic carbocycles. The lowest BCUT2D eigenvalue weighted by molar-refractivity contribution is 0.112. The molecule has 3 heteroatoms. The van der Waals surface area contributed by atoms with Crippen molar-refractivity contribution >= 4 is 33.1 Å². The van der Waals surface area contributed by atoms with Gasteiger partial charge >= 0.3 is 0 Å². The van der Waals surface area contributed by atoms with E-state index in [4.69, 9.17) is 0 Å². The van der Waals surface area contributed by atoms with E-state index in [2.05, 4.69) is 20.9 Å². The van der Waals surface area contributed by atoms with Gasteiger partial charge in [-0.25, -0.2) is 0 Å². The summed E-state index contributed by atoms with van der Waals surface area (Å²) in [5, 5.41) is 0.992. The van der Waals surface area contributed by atoms with Crippen molar-refractivity contribution in [3.05, 3.63) is 33.9 Å². The average Bonchev–Trinajstić information content (AvgIpc) is 2.54. The largest absolute Gasteiger partial charge is 0.358 e. The van der Waals surface area contributed by atoms with Crippen LogP contribution in [0.25, 0.3) is 10.9 Å². The van der Waals surface area contributed by atoms with E-state index >= 15 is 0 Å². The molecule has 0 unspecified atom stereocenters. The fourth-order valence-electron chi connectivity index (χ4n) is 1.65. The highest BCUT2D eigenvalue weighted by Gasteiger charge is 2.08. The molecule has 0 fully saturated rings. The fraction of sp³-hybridized carbons (Fsp3) is 0.182. The highest BCUT2D eigenvalue weighted by molar-refractivity contribution is 9.10. The summed E-state index contributed by atoms with van der Waals surface area (Å²) < 4.78 is 0.995. The van der Waals surface area contributed by atoms with Crippen molar-refractivity contribution in [3.63, 3.8) is 0 Å². The Labute approximate surface area is 90.4 Å². The molecule has 2 rings (SSSR count). The molecular formula is C11H10BrNO. The summed E-state index contributed by atoms with van der Waals surface area (Å²) in [7, 11) is 0. The van der Waals surface area contributed by atoms with E-state index in [0.717, 1.165) is 39.3 Å². The molecule has 2 aromatic rings. The summed E-state index contributed by atoms with van der Waals surface area (Å²) in [6.07, 6.45) is 1.77. The van der Waals surface area contributed by atoms with Gasteiger partial charge in [-0.1, -0.05) is 22.9 Å². The van der Waals surface area contributed by atoms with E-state index in [1.165, 1.54) is 0 Å². The minimum absolute atomic E-state index is 0.781. The monoisotopic (exact) mass is 251 g/mol. The SMILES string of the molecule is CCc1[nH]c2ccc(Br)cc2c1C=O. The van der Waals surface area contributed by atoms with Crippen LogP contribution in [0.5, 0.6) is 0 Å². The Kier molecular flexibility index (Phi) is 2.42. The van der Waals surface area contributed by atoms with E-state index < -0.39 is 0 Å². The third-order valence-electron chi connectivity index (χ3n) is 2.35. The Balaban J connectivity index is 2.81. The lowest BCUT2D eigenvalue weighted by Gasteiger charge is -1.92. The first-order valence-corrected chi connectivity index (χ1v) is 5.31. The number of rotatable bonds is 2. The number of carbonyl (C=O) groups is 1. The normalized spacial score (nSPS) is 10.7. The highest BCUT2D eigenvalue weighted by Crippen LogP contribution is 2.24. The third-order valence-corrected chi connectivity index (χ3v) is 2.85. The van der Waals surface area contributed by atoms with Crippen LogP contribution in [0.3, 0.4) is 0 Å². The first-order valence-electron chi connectivity index (χ1n) is 4.51. The number of benzene rings is 1. The van der Waals surface area contributed by atoms with Crippen molar-refractivity contribution in [2.45, 2.75) is 13.3 Å². The summed E-state index contributed by atoms with van der Waals surface area (Å²) in [4.78, 5) is 14.2. The quantitative estimate of drug-likeness (QED) is 0.817. The van der Waals surface area contributed by atoms with E-state index in [1.54, 1.807) is 0 Å². The minimum Gasteiger partial charge on any atom is -0.358 e. The second-order valence-electron chi connectivity index (χ2n) is 3.18. The second kappa shape index (κ2) is 3.58. The van der Waals surface area contributed by atoms with Crippen LogP contribution in [0, 0.1) is 0 Å². The number of fused-ring (bicyclic) bond motifs is 1. The molecule has 1 aromatic carbocycles. The van der Waals surface area contributed by atoms with Crippen molar-refractivity contribution in [3.8, 4) is 0 Å². The zero-order chi connectivity index (χ0) is 10.1. The van der Waals surface area contributed by atoms with Gasteiger partial charge in [0.2, 0.25) is 0 Å². The fourth-order valence-corrected chi connectivity index (χ4v) is 2.02. The van der Waals surface area contributed by atoms with Gasteiger partial charge in [0.25, 0.3) is 0 Å². The number of hydrogen-bond donors (Lipinski definition) is 1. The van der Waals surface area contributed by atoms with Gasteiger partial charge in [-0.3, -0.25) is 4.79 Å². The van der Waals surface area contributed by atoms with E-state index in [9.17, 15) is 4.79 Å². The van der Waals surface area contributed by atoms with Gasteiger partial charge in [-0.2, -0.15) is 0 Å². The second-order valence-corrected chi connectivity index (χ2v) is 4.09. The van der Waals surface area contributed by atoms with Gasteiger partial charge < -0.3 is 4.98 Å². The highest BCUT2D eigenvalue weighted by atomic mass is 79.9. The summed E-state index contributed by atoms with van der Waals surface area (Å²) in [5.74, 6) is 0. The van der Waals surface area contributed by atoms with Gasteiger partial charge in [0.1, 0.15) is 0 Å². The number of halogens is 1. The average molecular weight is 252 g/mol. The number of carbonyl (C=O) groups excluding carboxylic acids is 1. The standard InChI is InChI=1S/C11H10BrNO/c1-2-10-9(6-14)8-5-7(12)3-4-11(8)13-10/h3-6,13H,2H2,1H3.